The molecule has 1 saturated heterocycles. The predicted molar refractivity (Wildman–Crippen MR) is 162 cm³/mol. The third-order valence-electron chi connectivity index (χ3n) is 8.69. The van der Waals surface area contributed by atoms with Crippen LogP contribution in [0.15, 0.2) is 58.4 Å². The standard InChI is InChI=1S/C32H36N4O3S/c1-22-28(27-14-8-9-15-29(27)34(22)21-23-16-18-26(19-17-23)36(38)39)20-30-31(37)35(25-12-6-3-7-13-25)32(40-30)33-24-10-4-2-5-11-24/h8-9,14-20,24-25H,2-7,10-13,21H2,1H3. The summed E-state index contributed by atoms with van der Waals surface area (Å²) in [6, 6.07) is 15.6. The zero-order valence-electron chi connectivity index (χ0n) is 23.1. The second-order valence-corrected chi connectivity index (χ2v) is 12.3. The van der Waals surface area contributed by atoms with Crippen molar-refractivity contribution < 1.29 is 9.72 Å². The normalized spacial score (nSPS) is 21.2. The molecule has 6 rings (SSSR count). The minimum Gasteiger partial charge on any atom is -0.340 e. The molecule has 0 spiro atoms. The van der Waals surface area contributed by atoms with Crippen LogP contribution in [0.25, 0.3) is 17.0 Å². The number of non-ortho nitro benzene ring substituents is 1. The molecule has 3 fully saturated rings. The number of amides is 1. The maximum absolute atomic E-state index is 14.0. The van der Waals surface area contributed by atoms with E-state index in [9.17, 15) is 14.9 Å². The molecule has 0 unspecified atom stereocenters. The van der Waals surface area contributed by atoms with Gasteiger partial charge in [0.1, 0.15) is 0 Å². The van der Waals surface area contributed by atoms with Gasteiger partial charge in [0.05, 0.1) is 15.9 Å². The van der Waals surface area contributed by atoms with Gasteiger partial charge in [0.2, 0.25) is 0 Å². The first kappa shape index (κ1) is 26.8. The van der Waals surface area contributed by atoms with Crippen molar-refractivity contribution in [2.75, 3.05) is 0 Å². The van der Waals surface area contributed by atoms with Gasteiger partial charge in [-0.05, 0) is 62.1 Å². The van der Waals surface area contributed by atoms with Crippen molar-refractivity contribution in [3.63, 3.8) is 0 Å². The van der Waals surface area contributed by atoms with Gasteiger partial charge in [-0.25, -0.2) is 0 Å². The Morgan fingerprint density at radius 3 is 2.35 bits per heavy atom. The summed E-state index contributed by atoms with van der Waals surface area (Å²) >= 11 is 1.56. The highest BCUT2D eigenvalue weighted by Crippen LogP contribution is 2.40. The molecule has 0 radical (unpaired) electrons. The molecule has 1 aliphatic heterocycles. The van der Waals surface area contributed by atoms with Gasteiger partial charge >= 0.3 is 0 Å². The monoisotopic (exact) mass is 556 g/mol. The number of thioether (sulfide) groups is 1. The highest BCUT2D eigenvalue weighted by molar-refractivity contribution is 8.18. The smallest absolute Gasteiger partial charge is 0.269 e. The van der Waals surface area contributed by atoms with Crippen molar-refractivity contribution in [1.82, 2.24) is 9.47 Å². The third-order valence-corrected chi connectivity index (χ3v) is 9.68. The Morgan fingerprint density at radius 2 is 1.65 bits per heavy atom. The number of fused-ring (bicyclic) bond motifs is 1. The summed E-state index contributed by atoms with van der Waals surface area (Å²) in [7, 11) is 0. The summed E-state index contributed by atoms with van der Waals surface area (Å²) in [5.74, 6) is 0.0954. The van der Waals surface area contributed by atoms with Crippen molar-refractivity contribution in [2.24, 2.45) is 4.99 Å². The van der Waals surface area contributed by atoms with Crippen LogP contribution in [0.4, 0.5) is 5.69 Å². The second kappa shape index (κ2) is 11.6. The van der Waals surface area contributed by atoms with E-state index in [4.69, 9.17) is 4.99 Å². The summed E-state index contributed by atoms with van der Waals surface area (Å²) in [5, 5.41) is 13.1. The molecule has 40 heavy (non-hydrogen) atoms. The van der Waals surface area contributed by atoms with Gasteiger partial charge in [0.25, 0.3) is 11.6 Å². The van der Waals surface area contributed by atoms with E-state index >= 15 is 0 Å². The number of aromatic nitrogens is 1. The maximum atomic E-state index is 14.0. The lowest BCUT2D eigenvalue weighted by Gasteiger charge is -2.31. The Balaban J connectivity index is 1.36. The molecule has 8 heteroatoms. The molecule has 1 amide bonds. The minimum atomic E-state index is -0.372. The molecule has 0 bridgehead atoms. The van der Waals surface area contributed by atoms with Crippen molar-refractivity contribution in [2.45, 2.75) is 89.8 Å². The van der Waals surface area contributed by atoms with Crippen LogP contribution in [0.3, 0.4) is 0 Å². The molecule has 2 saturated carbocycles. The molecule has 2 heterocycles. The van der Waals surface area contributed by atoms with Crippen LogP contribution in [0, 0.1) is 17.0 Å². The number of nitro groups is 1. The zero-order valence-corrected chi connectivity index (χ0v) is 23.9. The van der Waals surface area contributed by atoms with Crippen molar-refractivity contribution in [1.29, 1.82) is 0 Å². The van der Waals surface area contributed by atoms with E-state index in [0.717, 1.165) is 63.5 Å². The number of nitrogens with zero attached hydrogens (tertiary/aromatic N) is 4. The van der Waals surface area contributed by atoms with Crippen LogP contribution < -0.4 is 0 Å². The topological polar surface area (TPSA) is 80.7 Å². The first-order valence-corrected chi connectivity index (χ1v) is 15.4. The summed E-state index contributed by atoms with van der Waals surface area (Å²) in [5.41, 5.74) is 4.29. The first-order valence-electron chi connectivity index (χ1n) is 14.6. The number of carbonyl (C=O) groups is 1. The number of carbonyl (C=O) groups excluding carboxylic acids is 1. The molecular weight excluding hydrogens is 520 g/mol. The summed E-state index contributed by atoms with van der Waals surface area (Å²) in [6.45, 7) is 2.69. The molecule has 7 nitrogen and oxygen atoms in total. The molecule has 208 valence electrons. The Morgan fingerprint density at radius 1 is 0.975 bits per heavy atom. The Hall–Kier alpha value is -3.39. The Bertz CT molecular complexity index is 1480. The predicted octanol–water partition coefficient (Wildman–Crippen LogP) is 7.84. The van der Waals surface area contributed by atoms with Gasteiger partial charge in [-0.15, -0.1) is 0 Å². The van der Waals surface area contributed by atoms with E-state index < -0.39 is 0 Å². The van der Waals surface area contributed by atoms with Gasteiger partial charge < -0.3 is 4.57 Å². The lowest BCUT2D eigenvalue weighted by Crippen LogP contribution is -2.41. The highest BCUT2D eigenvalue weighted by Gasteiger charge is 2.39. The number of rotatable bonds is 6. The Labute approximate surface area is 239 Å². The van der Waals surface area contributed by atoms with Crippen molar-refractivity contribution >= 4 is 45.5 Å². The number of para-hydroxylation sites is 1. The maximum Gasteiger partial charge on any atom is 0.269 e. The molecule has 0 N–H and O–H groups in total. The molecule has 2 aliphatic carbocycles. The van der Waals surface area contributed by atoms with Gasteiger partial charge in [-0.2, -0.15) is 0 Å². The number of hydrogen-bond acceptors (Lipinski definition) is 5. The number of nitro benzene ring substituents is 1. The van der Waals surface area contributed by atoms with Crippen LogP contribution in [0.2, 0.25) is 0 Å². The van der Waals surface area contributed by atoms with Crippen molar-refractivity contribution in [3.8, 4) is 0 Å². The van der Waals surface area contributed by atoms with Crippen LogP contribution in [-0.4, -0.2) is 37.5 Å². The minimum absolute atomic E-state index is 0.0910. The molecule has 0 atom stereocenters. The fourth-order valence-corrected chi connectivity index (χ4v) is 7.58. The van der Waals surface area contributed by atoms with E-state index in [0.29, 0.717) is 12.6 Å². The van der Waals surface area contributed by atoms with Gasteiger partial charge in [-0.1, -0.05) is 68.9 Å². The lowest BCUT2D eigenvalue weighted by atomic mass is 9.94. The Kier molecular flexibility index (Phi) is 7.78. The molecule has 3 aromatic rings. The van der Waals surface area contributed by atoms with Crippen LogP contribution >= 0.6 is 11.8 Å². The molecular formula is C32H36N4O3S. The quantitative estimate of drug-likeness (QED) is 0.176. The number of amidine groups is 1. The molecule has 1 aromatic heterocycles. The summed E-state index contributed by atoms with van der Waals surface area (Å²) in [6.07, 6.45) is 13.7. The second-order valence-electron chi connectivity index (χ2n) is 11.3. The highest BCUT2D eigenvalue weighted by atomic mass is 32.2. The zero-order chi connectivity index (χ0) is 27.6. The average Bonchev–Trinajstić information content (AvgIpc) is 3.42. The molecule has 3 aliphatic rings. The van der Waals surface area contributed by atoms with Gasteiger partial charge in [0.15, 0.2) is 5.17 Å². The number of hydrogen-bond donors (Lipinski definition) is 0. The van der Waals surface area contributed by atoms with Crippen molar-refractivity contribution in [3.05, 3.63) is 80.4 Å². The first-order chi connectivity index (χ1) is 19.5. The van der Waals surface area contributed by atoms with E-state index in [1.165, 1.54) is 38.5 Å². The summed E-state index contributed by atoms with van der Waals surface area (Å²) in [4.78, 5) is 32.7. The van der Waals surface area contributed by atoms with Crippen LogP contribution in [-0.2, 0) is 11.3 Å². The summed E-state index contributed by atoms with van der Waals surface area (Å²) < 4.78 is 2.24. The number of benzene rings is 2. The fourth-order valence-electron chi connectivity index (χ4n) is 6.48. The molecule has 2 aromatic carbocycles. The van der Waals surface area contributed by atoms with Crippen LogP contribution in [0.1, 0.15) is 81.0 Å². The SMILES string of the molecule is Cc1c(C=C2SC(=NC3CCCCC3)N(C3CCCCC3)C2=O)c2ccccc2n1Cc1ccc([N+](=O)[O-])cc1. The van der Waals surface area contributed by atoms with E-state index in [1.54, 1.807) is 23.9 Å². The van der Waals surface area contributed by atoms with E-state index in [1.807, 2.05) is 29.2 Å². The van der Waals surface area contributed by atoms with E-state index in [2.05, 4.69) is 29.7 Å². The largest absolute Gasteiger partial charge is 0.340 e. The van der Waals surface area contributed by atoms with Crippen LogP contribution in [0.5, 0.6) is 0 Å². The third kappa shape index (κ3) is 5.33. The lowest BCUT2D eigenvalue weighted by molar-refractivity contribution is -0.384. The number of aliphatic imine (C=N–C) groups is 1. The van der Waals surface area contributed by atoms with Gasteiger partial charge in [0, 0.05) is 46.9 Å². The fraction of sp³-hybridized carbons (Fsp3) is 0.438. The van der Waals surface area contributed by atoms with Gasteiger partial charge in [-0.3, -0.25) is 24.8 Å². The average molecular weight is 557 g/mol. The van der Waals surface area contributed by atoms with E-state index in [-0.39, 0.29) is 22.6 Å².